The van der Waals surface area contributed by atoms with Gasteiger partial charge in [0.15, 0.2) is 0 Å². The van der Waals surface area contributed by atoms with Crippen LogP contribution in [0, 0.1) is 0 Å². The molecule has 124 valence electrons. The molecule has 0 spiro atoms. The van der Waals surface area contributed by atoms with Gasteiger partial charge in [-0.25, -0.2) is 4.79 Å². The summed E-state index contributed by atoms with van der Waals surface area (Å²) < 4.78 is 5.93. The van der Waals surface area contributed by atoms with E-state index in [0.29, 0.717) is 6.61 Å². The van der Waals surface area contributed by atoms with Crippen LogP contribution >= 0.6 is 0 Å². The smallest absolute Gasteiger partial charge is 0.323 e. The van der Waals surface area contributed by atoms with Crippen molar-refractivity contribution in [3.8, 4) is 5.75 Å². The number of anilines is 1. The Morgan fingerprint density at radius 3 is 2.58 bits per heavy atom. The topological polar surface area (TPSA) is 41.6 Å². The first kappa shape index (κ1) is 15.1. The van der Waals surface area contributed by atoms with Crippen LogP contribution in [0.3, 0.4) is 0 Å². The van der Waals surface area contributed by atoms with Gasteiger partial charge in [0, 0.05) is 17.5 Å². The SMILES string of the molecule is CC(C)(C)N1C(=O)NC(c2ccccc2)c2ccc3c(c21)OCC3. The Morgan fingerprint density at radius 2 is 1.88 bits per heavy atom. The maximum Gasteiger partial charge on any atom is 0.323 e. The third-order valence-electron chi connectivity index (χ3n) is 4.67. The van der Waals surface area contributed by atoms with Crippen LogP contribution in [-0.4, -0.2) is 18.2 Å². The van der Waals surface area contributed by atoms with E-state index in [1.807, 2.05) is 43.9 Å². The fourth-order valence-corrected chi connectivity index (χ4v) is 3.63. The summed E-state index contributed by atoms with van der Waals surface area (Å²) in [7, 11) is 0. The molecular formula is C20H22N2O2. The molecule has 4 heteroatoms. The maximum atomic E-state index is 12.9. The van der Waals surface area contributed by atoms with Crippen LogP contribution in [0.1, 0.15) is 43.5 Å². The molecule has 1 N–H and O–H groups in total. The Balaban J connectivity index is 1.94. The number of benzene rings is 2. The number of amides is 2. The zero-order chi connectivity index (χ0) is 16.9. The number of carbonyl (C=O) groups excluding carboxylic acids is 1. The number of nitrogens with one attached hydrogen (secondary N) is 1. The van der Waals surface area contributed by atoms with Gasteiger partial charge in [0.1, 0.15) is 5.75 Å². The molecule has 0 bridgehead atoms. The number of nitrogens with zero attached hydrogens (tertiary/aromatic N) is 1. The average Bonchev–Trinajstić information content (AvgIpc) is 3.02. The lowest BCUT2D eigenvalue weighted by atomic mass is 9.90. The van der Waals surface area contributed by atoms with E-state index in [-0.39, 0.29) is 17.6 Å². The van der Waals surface area contributed by atoms with Crippen molar-refractivity contribution in [2.45, 2.75) is 38.8 Å². The molecule has 2 aliphatic heterocycles. The molecular weight excluding hydrogens is 300 g/mol. The molecule has 0 radical (unpaired) electrons. The minimum absolute atomic E-state index is 0.0762. The summed E-state index contributed by atoms with van der Waals surface area (Å²) in [6.07, 6.45) is 0.901. The number of hydrogen-bond acceptors (Lipinski definition) is 2. The molecule has 0 saturated heterocycles. The third kappa shape index (κ3) is 2.25. The first-order chi connectivity index (χ1) is 11.5. The van der Waals surface area contributed by atoms with Crippen molar-refractivity contribution in [1.82, 2.24) is 5.32 Å². The van der Waals surface area contributed by atoms with Crippen LogP contribution in [0.2, 0.25) is 0 Å². The van der Waals surface area contributed by atoms with E-state index < -0.39 is 0 Å². The fourth-order valence-electron chi connectivity index (χ4n) is 3.63. The van der Waals surface area contributed by atoms with Gasteiger partial charge in [0.05, 0.1) is 18.3 Å². The summed E-state index contributed by atoms with van der Waals surface area (Å²) in [5, 5.41) is 3.17. The first-order valence-electron chi connectivity index (χ1n) is 8.41. The van der Waals surface area contributed by atoms with Crippen molar-refractivity contribution in [3.05, 3.63) is 59.2 Å². The van der Waals surface area contributed by atoms with Gasteiger partial charge >= 0.3 is 6.03 Å². The zero-order valence-electron chi connectivity index (χ0n) is 14.3. The van der Waals surface area contributed by atoms with Gasteiger partial charge in [-0.05, 0) is 31.9 Å². The summed E-state index contributed by atoms with van der Waals surface area (Å²) in [5.41, 5.74) is 3.95. The maximum absolute atomic E-state index is 12.9. The Morgan fingerprint density at radius 1 is 1.12 bits per heavy atom. The number of rotatable bonds is 1. The van der Waals surface area contributed by atoms with Gasteiger partial charge in [0.25, 0.3) is 0 Å². The molecule has 4 nitrogen and oxygen atoms in total. The second-order valence-electron chi connectivity index (χ2n) is 7.39. The van der Waals surface area contributed by atoms with Crippen LogP contribution in [0.15, 0.2) is 42.5 Å². The van der Waals surface area contributed by atoms with Crippen LogP contribution in [0.5, 0.6) is 5.75 Å². The molecule has 4 rings (SSSR count). The summed E-state index contributed by atoms with van der Waals surface area (Å²) in [4.78, 5) is 14.8. The molecule has 0 aliphatic carbocycles. The predicted molar refractivity (Wildman–Crippen MR) is 94.7 cm³/mol. The molecule has 0 fully saturated rings. The summed E-state index contributed by atoms with van der Waals surface area (Å²) >= 11 is 0. The molecule has 2 aromatic carbocycles. The molecule has 1 atom stereocenters. The summed E-state index contributed by atoms with van der Waals surface area (Å²) in [6, 6.07) is 14.1. The number of fused-ring (bicyclic) bond motifs is 3. The molecule has 24 heavy (non-hydrogen) atoms. The highest BCUT2D eigenvalue weighted by Gasteiger charge is 2.40. The molecule has 2 amide bonds. The highest BCUT2D eigenvalue weighted by Crippen LogP contribution is 2.47. The standard InChI is InChI=1S/C20H22N2O2/c1-20(2,3)22-17-15(10-9-14-11-12-24-18(14)17)16(21-19(22)23)13-7-5-4-6-8-13/h4-10,16H,11-12H2,1-3H3,(H,21,23). The molecule has 2 heterocycles. The number of urea groups is 1. The summed E-state index contributed by atoms with van der Waals surface area (Å²) in [5.74, 6) is 0.873. The van der Waals surface area contributed by atoms with Gasteiger partial charge in [-0.15, -0.1) is 0 Å². The third-order valence-corrected chi connectivity index (χ3v) is 4.67. The van der Waals surface area contributed by atoms with E-state index in [4.69, 9.17) is 4.74 Å². The van der Waals surface area contributed by atoms with Gasteiger partial charge in [-0.3, -0.25) is 4.90 Å². The lowest BCUT2D eigenvalue weighted by Gasteiger charge is -2.43. The molecule has 2 aromatic rings. The van der Waals surface area contributed by atoms with E-state index in [1.54, 1.807) is 0 Å². The van der Waals surface area contributed by atoms with Crippen molar-refractivity contribution < 1.29 is 9.53 Å². The lowest BCUT2D eigenvalue weighted by Crippen LogP contribution is -2.55. The van der Waals surface area contributed by atoms with E-state index in [1.165, 1.54) is 5.56 Å². The number of carbonyl (C=O) groups is 1. The highest BCUT2D eigenvalue weighted by atomic mass is 16.5. The van der Waals surface area contributed by atoms with E-state index in [2.05, 4.69) is 29.6 Å². The van der Waals surface area contributed by atoms with Crippen molar-refractivity contribution >= 4 is 11.7 Å². The zero-order valence-corrected chi connectivity index (χ0v) is 14.3. The minimum Gasteiger partial charge on any atom is -0.491 e. The monoisotopic (exact) mass is 322 g/mol. The Kier molecular flexibility index (Phi) is 3.30. The van der Waals surface area contributed by atoms with Gasteiger partial charge in [-0.1, -0.05) is 42.5 Å². The van der Waals surface area contributed by atoms with Crippen molar-refractivity contribution in [2.75, 3.05) is 11.5 Å². The molecule has 0 saturated carbocycles. The second kappa shape index (κ2) is 5.26. The largest absolute Gasteiger partial charge is 0.491 e. The van der Waals surface area contributed by atoms with Crippen molar-refractivity contribution in [1.29, 1.82) is 0 Å². The minimum atomic E-state index is -0.332. The molecule has 2 aliphatic rings. The second-order valence-corrected chi connectivity index (χ2v) is 7.39. The Bertz CT molecular complexity index is 793. The van der Waals surface area contributed by atoms with E-state index >= 15 is 0 Å². The normalized spacial score (nSPS) is 19.4. The first-order valence-corrected chi connectivity index (χ1v) is 8.41. The van der Waals surface area contributed by atoms with Gasteiger partial charge < -0.3 is 10.1 Å². The fraction of sp³-hybridized carbons (Fsp3) is 0.350. The van der Waals surface area contributed by atoms with Gasteiger partial charge in [0.2, 0.25) is 0 Å². The van der Waals surface area contributed by atoms with E-state index in [0.717, 1.165) is 29.0 Å². The predicted octanol–water partition coefficient (Wildman–Crippen LogP) is 4.04. The van der Waals surface area contributed by atoms with Crippen LogP contribution in [0.4, 0.5) is 10.5 Å². The Labute approximate surface area is 142 Å². The summed E-state index contributed by atoms with van der Waals surface area (Å²) in [6.45, 7) is 6.83. The molecule has 1 unspecified atom stereocenters. The van der Waals surface area contributed by atoms with Crippen LogP contribution < -0.4 is 15.0 Å². The quantitative estimate of drug-likeness (QED) is 0.861. The highest BCUT2D eigenvalue weighted by molar-refractivity contribution is 5.99. The van der Waals surface area contributed by atoms with E-state index in [9.17, 15) is 4.79 Å². The van der Waals surface area contributed by atoms with Crippen molar-refractivity contribution in [3.63, 3.8) is 0 Å². The molecule has 0 aromatic heterocycles. The number of ether oxygens (including phenoxy) is 1. The van der Waals surface area contributed by atoms with Crippen LogP contribution in [-0.2, 0) is 6.42 Å². The number of hydrogen-bond donors (Lipinski definition) is 1. The lowest BCUT2D eigenvalue weighted by molar-refractivity contribution is 0.236. The van der Waals surface area contributed by atoms with Crippen LogP contribution in [0.25, 0.3) is 0 Å². The Hall–Kier alpha value is -2.49. The van der Waals surface area contributed by atoms with Crippen molar-refractivity contribution in [2.24, 2.45) is 0 Å². The van der Waals surface area contributed by atoms with Gasteiger partial charge in [-0.2, -0.15) is 0 Å². The average molecular weight is 322 g/mol.